The molecule has 1 saturated heterocycles. The van der Waals surface area contributed by atoms with Crippen LogP contribution in [-0.4, -0.2) is 27.9 Å². The fraction of sp³-hybridized carbons (Fsp3) is 0.429. The minimum Gasteiger partial charge on any atom is -0.723 e. The lowest BCUT2D eigenvalue weighted by atomic mass is 10.0. The van der Waals surface area contributed by atoms with Gasteiger partial charge in [-0.05, 0) is 35.8 Å². The number of benzene rings is 1. The van der Waals surface area contributed by atoms with Gasteiger partial charge in [-0.25, -0.2) is 0 Å². The number of para-hydroxylation sites is 1. The monoisotopic (exact) mass is 303 g/mol. The van der Waals surface area contributed by atoms with Gasteiger partial charge in [-0.2, -0.15) is 4.85 Å². The second kappa shape index (κ2) is 5.63. The number of nitro groups is 1. The molecular formula is C14H17N5O3. The van der Waals surface area contributed by atoms with Crippen LogP contribution in [0.3, 0.4) is 0 Å². The Hall–Kier alpha value is -2.64. The zero-order valence-corrected chi connectivity index (χ0v) is 12.3. The average Bonchev–Trinajstić information content (AvgIpc) is 2.86. The van der Waals surface area contributed by atoms with Gasteiger partial charge in [0.15, 0.2) is 0 Å². The molecule has 0 aliphatic carbocycles. The Balaban J connectivity index is 2.08. The fourth-order valence-corrected chi connectivity index (χ4v) is 2.84. The lowest BCUT2D eigenvalue weighted by molar-refractivity contribution is -0.677. The maximum absolute atomic E-state index is 12.6. The molecule has 116 valence electrons. The first-order chi connectivity index (χ1) is 10.6. The summed E-state index contributed by atoms with van der Waals surface area (Å²) in [5.74, 6) is 0.0294. The standard InChI is InChI=1S/C14H17N5O3/c1-11-6-5-9-16(10-11)14-13(19(21)22)15-17(18(14)20)12-7-3-2-4-8-12/h2-4,7-8,11H,5-6,9-10H2,1H3/t11-/m1/s1. The third-order valence-corrected chi connectivity index (χ3v) is 3.86. The van der Waals surface area contributed by atoms with E-state index in [9.17, 15) is 15.3 Å². The highest BCUT2D eigenvalue weighted by atomic mass is 16.6. The normalized spacial score (nSPS) is 18.4. The number of nitrogens with zero attached hydrogens (tertiary/aromatic N) is 5. The van der Waals surface area contributed by atoms with Gasteiger partial charge >= 0.3 is 11.6 Å². The molecule has 0 unspecified atom stereocenters. The third kappa shape index (κ3) is 2.47. The summed E-state index contributed by atoms with van der Waals surface area (Å²) in [6.07, 6.45) is 1.98. The lowest BCUT2D eigenvalue weighted by Crippen LogP contribution is -2.46. The first-order valence-electron chi connectivity index (χ1n) is 7.25. The number of hydrogen-bond acceptors (Lipinski definition) is 5. The highest BCUT2D eigenvalue weighted by Gasteiger charge is 2.34. The van der Waals surface area contributed by atoms with E-state index in [1.54, 1.807) is 29.2 Å². The fourth-order valence-electron chi connectivity index (χ4n) is 2.84. The van der Waals surface area contributed by atoms with Crippen LogP contribution < -0.4 is 9.75 Å². The number of hydrogen-bond donors (Lipinski definition) is 0. The van der Waals surface area contributed by atoms with Crippen molar-refractivity contribution < 1.29 is 9.77 Å². The van der Waals surface area contributed by atoms with Crippen LogP contribution in [-0.2, 0) is 0 Å². The van der Waals surface area contributed by atoms with Crippen LogP contribution in [0.25, 0.3) is 5.69 Å². The molecule has 0 spiro atoms. The van der Waals surface area contributed by atoms with Crippen LogP contribution in [0.1, 0.15) is 19.8 Å². The summed E-state index contributed by atoms with van der Waals surface area (Å²) in [5.41, 5.74) is 0.497. The molecule has 0 bridgehead atoms. The number of aromatic nitrogens is 3. The molecule has 0 radical (unpaired) electrons. The molecule has 1 fully saturated rings. The Labute approximate surface area is 127 Å². The zero-order valence-electron chi connectivity index (χ0n) is 12.3. The molecule has 1 aliphatic heterocycles. The lowest BCUT2D eigenvalue weighted by Gasteiger charge is -2.28. The molecule has 0 amide bonds. The Bertz CT molecular complexity index is 685. The summed E-state index contributed by atoms with van der Waals surface area (Å²) in [7, 11) is 0. The van der Waals surface area contributed by atoms with Crippen LogP contribution in [0.2, 0.25) is 0 Å². The summed E-state index contributed by atoms with van der Waals surface area (Å²) in [6.45, 7) is 3.34. The molecule has 2 heterocycles. The van der Waals surface area contributed by atoms with Crippen molar-refractivity contribution in [3.05, 3.63) is 45.7 Å². The van der Waals surface area contributed by atoms with Gasteiger partial charge in [0.1, 0.15) is 5.69 Å². The Morgan fingerprint density at radius 2 is 2.09 bits per heavy atom. The van der Waals surface area contributed by atoms with E-state index in [-0.39, 0.29) is 5.82 Å². The van der Waals surface area contributed by atoms with Crippen molar-refractivity contribution in [1.29, 1.82) is 0 Å². The maximum atomic E-state index is 12.6. The Morgan fingerprint density at radius 1 is 1.36 bits per heavy atom. The number of rotatable bonds is 3. The van der Waals surface area contributed by atoms with E-state index in [1.165, 1.54) is 0 Å². The molecule has 1 aliphatic rings. The predicted molar refractivity (Wildman–Crippen MR) is 79.8 cm³/mol. The summed E-state index contributed by atoms with van der Waals surface area (Å²) in [6, 6.07) is 8.70. The molecule has 1 aromatic heterocycles. The van der Waals surface area contributed by atoms with Crippen molar-refractivity contribution in [3.8, 4) is 5.69 Å². The van der Waals surface area contributed by atoms with E-state index in [4.69, 9.17) is 0 Å². The zero-order chi connectivity index (χ0) is 15.7. The SMILES string of the molecule is C[C@@H]1CCCN(c2c([N+](=O)[O-])nn(-c3ccccc3)[n+]2[O-])C1. The Kier molecular flexibility index (Phi) is 3.66. The molecule has 22 heavy (non-hydrogen) atoms. The van der Waals surface area contributed by atoms with Crippen LogP contribution >= 0.6 is 0 Å². The van der Waals surface area contributed by atoms with Crippen LogP contribution in [0.5, 0.6) is 0 Å². The minimum absolute atomic E-state index is 0.0282. The predicted octanol–water partition coefficient (Wildman–Crippen LogP) is 1.65. The van der Waals surface area contributed by atoms with Gasteiger partial charge in [0.25, 0.3) is 0 Å². The number of anilines is 1. The molecule has 1 aromatic carbocycles. The minimum atomic E-state index is -0.595. The Morgan fingerprint density at radius 3 is 2.73 bits per heavy atom. The van der Waals surface area contributed by atoms with Gasteiger partial charge in [-0.3, -0.25) is 4.90 Å². The number of piperidine rings is 1. The van der Waals surface area contributed by atoms with Crippen molar-refractivity contribution >= 4 is 11.6 Å². The van der Waals surface area contributed by atoms with E-state index in [0.717, 1.165) is 17.6 Å². The van der Waals surface area contributed by atoms with Crippen LogP contribution in [0, 0.1) is 21.2 Å². The molecule has 3 rings (SSSR count). The van der Waals surface area contributed by atoms with E-state index >= 15 is 0 Å². The van der Waals surface area contributed by atoms with Gasteiger partial charge in [0.05, 0.1) is 13.1 Å². The molecule has 2 aromatic rings. The quantitative estimate of drug-likeness (QED) is 0.372. The van der Waals surface area contributed by atoms with E-state index < -0.39 is 10.7 Å². The van der Waals surface area contributed by atoms with Crippen molar-refractivity contribution in [1.82, 2.24) is 9.90 Å². The largest absolute Gasteiger partial charge is 0.723 e. The molecule has 0 N–H and O–H groups in total. The highest BCUT2D eigenvalue weighted by Crippen LogP contribution is 2.27. The second-order valence-corrected chi connectivity index (χ2v) is 5.60. The molecule has 8 nitrogen and oxygen atoms in total. The summed E-state index contributed by atoms with van der Waals surface area (Å²) in [4.78, 5) is 14.0. The summed E-state index contributed by atoms with van der Waals surface area (Å²) in [5, 5.41) is 27.8. The molecule has 0 saturated carbocycles. The van der Waals surface area contributed by atoms with Crippen LogP contribution in [0.15, 0.2) is 30.3 Å². The van der Waals surface area contributed by atoms with Crippen molar-refractivity contribution in [2.75, 3.05) is 18.0 Å². The third-order valence-electron chi connectivity index (χ3n) is 3.86. The van der Waals surface area contributed by atoms with Gasteiger partial charge in [0, 0.05) is 5.10 Å². The van der Waals surface area contributed by atoms with E-state index in [2.05, 4.69) is 12.0 Å². The summed E-state index contributed by atoms with van der Waals surface area (Å²) >= 11 is 0. The average molecular weight is 303 g/mol. The van der Waals surface area contributed by atoms with Crippen molar-refractivity contribution in [2.45, 2.75) is 19.8 Å². The van der Waals surface area contributed by atoms with Gasteiger partial charge in [-0.15, -0.1) is 0 Å². The smallest absolute Gasteiger partial charge is 0.428 e. The highest BCUT2D eigenvalue weighted by molar-refractivity contribution is 5.49. The molecule has 8 heteroatoms. The second-order valence-electron chi connectivity index (χ2n) is 5.60. The van der Waals surface area contributed by atoms with E-state index in [0.29, 0.717) is 29.5 Å². The first kappa shape index (κ1) is 14.3. The molecular weight excluding hydrogens is 286 g/mol. The molecule has 1 atom stereocenters. The van der Waals surface area contributed by atoms with Gasteiger partial charge < -0.3 is 15.3 Å². The van der Waals surface area contributed by atoms with Crippen molar-refractivity contribution in [2.24, 2.45) is 5.92 Å². The topological polar surface area (TPSA) is 91.1 Å². The van der Waals surface area contributed by atoms with Crippen molar-refractivity contribution in [3.63, 3.8) is 0 Å². The first-order valence-corrected chi connectivity index (χ1v) is 7.25. The van der Waals surface area contributed by atoms with Gasteiger partial charge in [-0.1, -0.05) is 29.9 Å². The van der Waals surface area contributed by atoms with Crippen LogP contribution in [0.4, 0.5) is 11.6 Å². The van der Waals surface area contributed by atoms with E-state index in [1.807, 2.05) is 6.07 Å². The van der Waals surface area contributed by atoms with Gasteiger partial charge in [0.2, 0.25) is 0 Å². The maximum Gasteiger partial charge on any atom is 0.428 e. The summed E-state index contributed by atoms with van der Waals surface area (Å²) < 4.78 is 0.